The molecule has 0 amide bonds. The maximum Gasteiger partial charge on any atom is 0.191 e. The van der Waals surface area contributed by atoms with E-state index in [0.29, 0.717) is 5.41 Å². The van der Waals surface area contributed by atoms with Gasteiger partial charge in [-0.3, -0.25) is 5.10 Å². The summed E-state index contributed by atoms with van der Waals surface area (Å²) in [6, 6.07) is 4.16. The molecule has 6 rings (SSSR count). The average molecular weight is 299 g/mol. The van der Waals surface area contributed by atoms with Crippen LogP contribution < -0.4 is 0 Å². The fraction of sp³-hybridized carbons (Fsp3) is 0.647. The standard InChI is InChI=1S/C17H21N3S/c1-2-14(21-3-1)16-18-15(19-20-16)10-17-7-11-4-12(8-17)6-13(5-11)9-17/h1-3,11-13H,4-10H2,(H,18,19,20). The van der Waals surface area contributed by atoms with Gasteiger partial charge < -0.3 is 0 Å². The highest BCUT2D eigenvalue weighted by molar-refractivity contribution is 7.13. The van der Waals surface area contributed by atoms with Crippen LogP contribution in [-0.4, -0.2) is 15.2 Å². The molecule has 1 N–H and O–H groups in total. The van der Waals surface area contributed by atoms with Crippen LogP contribution in [-0.2, 0) is 6.42 Å². The van der Waals surface area contributed by atoms with Crippen molar-refractivity contribution in [1.29, 1.82) is 0 Å². The SMILES string of the molecule is c1csc(-c2n[nH]c(CC34CC5CC(CC(C5)C3)C4)n2)c1. The third-order valence-corrected chi connectivity index (χ3v) is 6.85. The van der Waals surface area contributed by atoms with E-state index in [1.54, 1.807) is 11.3 Å². The molecule has 0 atom stereocenters. The fourth-order valence-corrected chi connectivity index (χ4v) is 6.41. The summed E-state index contributed by atoms with van der Waals surface area (Å²) in [7, 11) is 0. The molecule has 0 aliphatic heterocycles. The zero-order valence-corrected chi connectivity index (χ0v) is 13.0. The van der Waals surface area contributed by atoms with E-state index in [-0.39, 0.29) is 0 Å². The van der Waals surface area contributed by atoms with Crippen molar-refractivity contribution >= 4 is 11.3 Å². The minimum atomic E-state index is 0.543. The minimum absolute atomic E-state index is 0.543. The molecule has 2 heterocycles. The molecule has 4 bridgehead atoms. The lowest BCUT2D eigenvalue weighted by Crippen LogP contribution is -2.47. The van der Waals surface area contributed by atoms with E-state index in [1.807, 2.05) is 0 Å². The van der Waals surface area contributed by atoms with Gasteiger partial charge in [0.25, 0.3) is 0 Å². The van der Waals surface area contributed by atoms with Crippen molar-refractivity contribution in [3.8, 4) is 10.7 Å². The van der Waals surface area contributed by atoms with Crippen molar-refractivity contribution in [3.63, 3.8) is 0 Å². The second kappa shape index (κ2) is 4.42. The van der Waals surface area contributed by atoms with Gasteiger partial charge in [-0.15, -0.1) is 11.3 Å². The Balaban J connectivity index is 1.40. The Morgan fingerprint density at radius 3 is 2.48 bits per heavy atom. The maximum absolute atomic E-state index is 4.77. The Hall–Kier alpha value is -1.16. The second-order valence-electron chi connectivity index (χ2n) is 7.68. The Labute approximate surface area is 129 Å². The fourth-order valence-electron chi connectivity index (χ4n) is 5.75. The third-order valence-electron chi connectivity index (χ3n) is 5.98. The van der Waals surface area contributed by atoms with E-state index in [1.165, 1.54) is 43.4 Å². The van der Waals surface area contributed by atoms with Crippen molar-refractivity contribution < 1.29 is 0 Å². The minimum Gasteiger partial charge on any atom is -0.263 e. The molecule has 21 heavy (non-hydrogen) atoms. The highest BCUT2D eigenvalue weighted by atomic mass is 32.1. The van der Waals surface area contributed by atoms with Crippen molar-refractivity contribution in [2.75, 3.05) is 0 Å². The molecule has 4 aliphatic carbocycles. The van der Waals surface area contributed by atoms with Crippen LogP contribution in [0.5, 0.6) is 0 Å². The predicted molar refractivity (Wildman–Crippen MR) is 84.0 cm³/mol. The summed E-state index contributed by atoms with van der Waals surface area (Å²) in [5.74, 6) is 5.02. The summed E-state index contributed by atoms with van der Waals surface area (Å²) >= 11 is 1.71. The molecule has 2 aromatic rings. The largest absolute Gasteiger partial charge is 0.263 e. The van der Waals surface area contributed by atoms with Crippen LogP contribution in [0, 0.1) is 23.2 Å². The maximum atomic E-state index is 4.77. The van der Waals surface area contributed by atoms with Gasteiger partial charge in [-0.25, -0.2) is 4.98 Å². The Morgan fingerprint density at radius 1 is 1.14 bits per heavy atom. The second-order valence-corrected chi connectivity index (χ2v) is 8.63. The van der Waals surface area contributed by atoms with Gasteiger partial charge in [0, 0.05) is 6.42 Å². The first-order valence-corrected chi connectivity index (χ1v) is 9.11. The molecular weight excluding hydrogens is 278 g/mol. The summed E-state index contributed by atoms with van der Waals surface area (Å²) in [5, 5.41) is 9.73. The Morgan fingerprint density at radius 2 is 1.86 bits per heavy atom. The summed E-state index contributed by atoms with van der Waals surface area (Å²) in [4.78, 5) is 5.94. The average Bonchev–Trinajstić information content (AvgIpc) is 3.06. The van der Waals surface area contributed by atoms with Gasteiger partial charge in [0.2, 0.25) is 0 Å². The number of H-pyrrole nitrogens is 1. The Bertz CT molecular complexity index is 608. The molecule has 0 radical (unpaired) electrons. The molecule has 0 unspecified atom stereocenters. The summed E-state index contributed by atoms with van der Waals surface area (Å²) < 4.78 is 0. The van der Waals surface area contributed by atoms with Gasteiger partial charge in [0.15, 0.2) is 5.82 Å². The smallest absolute Gasteiger partial charge is 0.191 e. The molecule has 0 spiro atoms. The number of aromatic nitrogens is 3. The van der Waals surface area contributed by atoms with Crippen molar-refractivity contribution in [3.05, 3.63) is 23.3 Å². The van der Waals surface area contributed by atoms with Crippen LogP contribution in [0.2, 0.25) is 0 Å². The summed E-state index contributed by atoms with van der Waals surface area (Å²) in [5.41, 5.74) is 0.543. The van der Waals surface area contributed by atoms with Gasteiger partial charge in [-0.2, -0.15) is 5.10 Å². The Kier molecular flexibility index (Phi) is 2.61. The molecule has 4 heteroatoms. The first-order chi connectivity index (χ1) is 10.3. The quantitative estimate of drug-likeness (QED) is 0.918. The zero-order valence-electron chi connectivity index (χ0n) is 12.2. The lowest BCUT2D eigenvalue weighted by Gasteiger charge is -2.56. The molecule has 4 saturated carbocycles. The van der Waals surface area contributed by atoms with Crippen molar-refractivity contribution in [2.24, 2.45) is 23.2 Å². The number of nitrogens with zero attached hydrogens (tertiary/aromatic N) is 2. The summed E-state index contributed by atoms with van der Waals surface area (Å²) in [6.07, 6.45) is 9.97. The third kappa shape index (κ3) is 2.07. The number of hydrogen-bond acceptors (Lipinski definition) is 3. The number of rotatable bonds is 3. The molecule has 4 aliphatic rings. The first-order valence-electron chi connectivity index (χ1n) is 8.23. The van der Waals surface area contributed by atoms with Crippen molar-refractivity contribution in [1.82, 2.24) is 15.2 Å². The van der Waals surface area contributed by atoms with Crippen molar-refractivity contribution in [2.45, 2.75) is 44.9 Å². The highest BCUT2D eigenvalue weighted by Crippen LogP contribution is 2.60. The molecule has 0 saturated heterocycles. The van der Waals surface area contributed by atoms with E-state index < -0.39 is 0 Å². The van der Waals surface area contributed by atoms with E-state index in [0.717, 1.165) is 35.8 Å². The van der Waals surface area contributed by atoms with Crippen LogP contribution >= 0.6 is 11.3 Å². The zero-order chi connectivity index (χ0) is 13.9. The van der Waals surface area contributed by atoms with Crippen LogP contribution in [0.1, 0.15) is 44.3 Å². The van der Waals surface area contributed by atoms with E-state index >= 15 is 0 Å². The number of aromatic amines is 1. The molecule has 2 aromatic heterocycles. The van der Waals surface area contributed by atoms with Crippen LogP contribution in [0.4, 0.5) is 0 Å². The van der Waals surface area contributed by atoms with Crippen LogP contribution in [0.15, 0.2) is 17.5 Å². The van der Waals surface area contributed by atoms with Gasteiger partial charge in [0.05, 0.1) is 4.88 Å². The topological polar surface area (TPSA) is 41.6 Å². The van der Waals surface area contributed by atoms with E-state index in [2.05, 4.69) is 27.7 Å². The lowest BCUT2D eigenvalue weighted by molar-refractivity contribution is -0.0531. The molecule has 110 valence electrons. The molecule has 3 nitrogen and oxygen atoms in total. The molecular formula is C17H21N3S. The van der Waals surface area contributed by atoms with Crippen LogP contribution in [0.25, 0.3) is 10.7 Å². The lowest BCUT2D eigenvalue weighted by atomic mass is 9.49. The van der Waals surface area contributed by atoms with Gasteiger partial charge in [0.1, 0.15) is 5.82 Å². The van der Waals surface area contributed by atoms with Gasteiger partial charge in [-0.05, 0) is 73.1 Å². The molecule has 0 aromatic carbocycles. The summed E-state index contributed by atoms with van der Waals surface area (Å²) in [6.45, 7) is 0. The highest BCUT2D eigenvalue weighted by Gasteiger charge is 2.51. The van der Waals surface area contributed by atoms with Gasteiger partial charge >= 0.3 is 0 Å². The van der Waals surface area contributed by atoms with Crippen LogP contribution in [0.3, 0.4) is 0 Å². The predicted octanol–water partition coefficient (Wildman–Crippen LogP) is 4.29. The monoisotopic (exact) mass is 299 g/mol. The van der Waals surface area contributed by atoms with E-state index in [4.69, 9.17) is 4.98 Å². The van der Waals surface area contributed by atoms with E-state index in [9.17, 15) is 0 Å². The number of thiophene rings is 1. The molecule has 4 fully saturated rings. The first kappa shape index (κ1) is 12.4. The number of hydrogen-bond donors (Lipinski definition) is 1. The van der Waals surface area contributed by atoms with Gasteiger partial charge in [-0.1, -0.05) is 6.07 Å². The normalized spacial score (nSPS) is 37.2. The number of nitrogens with one attached hydrogen (secondary N) is 1.